The van der Waals surface area contributed by atoms with Crippen LogP contribution in [-0.2, 0) is 0 Å². The molecule has 0 spiro atoms. The third kappa shape index (κ3) is 11.2. The van der Waals surface area contributed by atoms with Gasteiger partial charge in [-0.1, -0.05) is 121 Å². The van der Waals surface area contributed by atoms with Crippen molar-refractivity contribution >= 4 is 243 Å². The van der Waals surface area contributed by atoms with Gasteiger partial charge in [0.05, 0.1) is 59.7 Å². The zero-order valence-electron chi connectivity index (χ0n) is 58.3. The number of carboxylic acids is 10. The predicted molar refractivity (Wildman–Crippen MR) is 411 cm³/mol. The number of carbonyl (C=O) groups excluding carboxylic acids is 10. The van der Waals surface area contributed by atoms with E-state index in [0.29, 0.717) is 10.8 Å². The molecule has 0 radical (unpaired) electrons. The molecule has 0 aliphatic rings. The summed E-state index contributed by atoms with van der Waals surface area (Å²) < 4.78 is 0. The van der Waals surface area contributed by atoms with E-state index in [4.69, 9.17) is 0 Å². The molecule has 0 aliphatic heterocycles. The highest BCUT2D eigenvalue weighted by molar-refractivity contribution is 6.50. The van der Waals surface area contributed by atoms with Gasteiger partial charge < -0.3 is 99.0 Å². The number of aromatic carboxylic acids is 10. The SMILES string of the molecule is O=C([O-])c1cc2cc3ccc4cc5cc(C(=O)[O-])cc6cc7ccc8cc(c1)c2c1c3c4c(c56)c7c81.O=C([O-])c1cc2ccc3cc(C(=O)[O-])cc4ccc(c1)c2c34.O=C([O-])c1cc2ccc3cc4cc(C(=O)[O-])cc5ccc6cc(c1)c2c3c6c54.O=C([O-])c1ccc(C(=O)[O-])cc1.O=C([O-])c1ccc2cc(C(=O)[O-])ccc2c1. The summed E-state index contributed by atoms with van der Waals surface area (Å²) in [5.41, 5.74) is 0.924. The Morgan fingerprint density at radius 1 is 0.114 bits per heavy atom. The van der Waals surface area contributed by atoms with Crippen molar-refractivity contribution in [1.82, 2.24) is 0 Å². The first-order valence-electron chi connectivity index (χ1n) is 35.0. The zero-order chi connectivity index (χ0) is 79.5. The smallest absolute Gasteiger partial charge is 0.0715 e. The standard InChI is InChI=1S/C32H14O4.C24H12O4.C18H10O4.C12H8O4.C8H6O4/c33-31(34)21-9-17-5-13-1-2-14-6-18-10-22(32(35)36)12-20-8-16-4-3-15-7-19(11-21)23(17)29-25(13)26(14)30(24(18)20)28(16)27(15)29;25-23(26)17-7-11-1-3-13-5-16-10-18(24(27)28)8-12-2-4-14-6-15(9-17)19(11)21(13)22(14)20(12)16;19-17(20)13-5-9-1-2-10-6-14(18(21)22)8-12-4-3-11(7-13)15(9)16(10)12;13-11(14)9-3-1-7-5-10(12(15)16)4-2-8(7)6-9;9-7(10)5-1-2-6(4-3-5)8(11)12/h1-12H,(H,33,34)(H,35,36);1-10H,(H,25,26)(H,27,28);1-8H,(H,19,20)(H,21,22);1-6H,(H,13,14)(H,15,16);1-4H,(H,9,10)(H,11,12)/p-10. The first-order chi connectivity index (χ1) is 54.7. The lowest BCUT2D eigenvalue weighted by atomic mass is 9.79. The number of carbonyl (C=O) groups is 10. The van der Waals surface area contributed by atoms with Gasteiger partial charge in [0.25, 0.3) is 0 Å². The van der Waals surface area contributed by atoms with Gasteiger partial charge in [-0.2, -0.15) is 0 Å². The molecule has 0 saturated heterocycles. The third-order valence-electron chi connectivity index (χ3n) is 21.5. The summed E-state index contributed by atoms with van der Waals surface area (Å²) in [6.07, 6.45) is 0. The van der Waals surface area contributed by atoms with Crippen molar-refractivity contribution < 1.29 is 99.0 Å². The second-order valence-corrected chi connectivity index (χ2v) is 28.0. The van der Waals surface area contributed by atoms with Crippen LogP contribution in [0, 0.1) is 0 Å². The van der Waals surface area contributed by atoms with Crippen molar-refractivity contribution in [2.45, 2.75) is 0 Å². The summed E-state index contributed by atoms with van der Waals surface area (Å²) in [5, 5.41) is 143. The van der Waals surface area contributed by atoms with Crippen molar-refractivity contribution in [2.75, 3.05) is 0 Å². The van der Waals surface area contributed by atoms with E-state index in [9.17, 15) is 99.0 Å². The largest absolute Gasteiger partial charge is 0.545 e. The average Bonchev–Trinajstić information content (AvgIpc) is 0.663. The van der Waals surface area contributed by atoms with Crippen molar-refractivity contribution in [3.05, 3.63) is 298 Å². The minimum Gasteiger partial charge on any atom is -0.545 e. The van der Waals surface area contributed by atoms with Crippen LogP contribution < -0.4 is 51.1 Å². The molecule has 0 unspecified atom stereocenters. The average molecular weight is 1490 g/mol. The highest BCUT2D eigenvalue weighted by Crippen LogP contribution is 2.53. The van der Waals surface area contributed by atoms with Gasteiger partial charge in [-0.15, -0.1) is 0 Å². The van der Waals surface area contributed by atoms with Crippen LogP contribution >= 0.6 is 0 Å². The fraction of sp³-hybridized carbons (Fsp3) is 0. The van der Waals surface area contributed by atoms with Crippen LogP contribution in [0.4, 0.5) is 0 Å². The Bertz CT molecular complexity index is 7320. The molecule has 0 aromatic heterocycles. The summed E-state index contributed by atoms with van der Waals surface area (Å²) >= 11 is 0. The first kappa shape index (κ1) is 69.5. The van der Waals surface area contributed by atoms with Gasteiger partial charge in [0, 0.05) is 0 Å². The summed E-state index contributed by atoms with van der Waals surface area (Å²) in [4.78, 5) is 110. The van der Waals surface area contributed by atoms with E-state index in [-0.39, 0.29) is 55.6 Å². The van der Waals surface area contributed by atoms with Crippen LogP contribution in [0.3, 0.4) is 0 Å². The quantitative estimate of drug-likeness (QED) is 0.0932. The van der Waals surface area contributed by atoms with Crippen molar-refractivity contribution in [1.29, 1.82) is 0 Å². The lowest BCUT2D eigenvalue weighted by Gasteiger charge is -2.24. The highest BCUT2D eigenvalue weighted by atomic mass is 16.4. The van der Waals surface area contributed by atoms with Gasteiger partial charge in [0.15, 0.2) is 0 Å². The maximum absolute atomic E-state index is 11.8. The molecule has 0 bridgehead atoms. The summed E-state index contributed by atoms with van der Waals surface area (Å²) in [6.45, 7) is 0. The molecule has 22 aromatic carbocycles. The first-order valence-corrected chi connectivity index (χ1v) is 35.0. The van der Waals surface area contributed by atoms with Crippen molar-refractivity contribution in [3.8, 4) is 0 Å². The summed E-state index contributed by atoms with van der Waals surface area (Å²) in [5.74, 6) is -12.4. The Hall–Kier alpha value is -16.2. The van der Waals surface area contributed by atoms with Crippen LogP contribution in [-0.4, -0.2) is 59.7 Å². The fourth-order valence-corrected chi connectivity index (χ4v) is 16.8. The van der Waals surface area contributed by atoms with Crippen LogP contribution in [0.15, 0.2) is 243 Å². The molecule has 20 heteroatoms. The van der Waals surface area contributed by atoms with E-state index in [0.717, 1.165) is 197 Å². The van der Waals surface area contributed by atoms with Gasteiger partial charge in [-0.25, -0.2) is 0 Å². The maximum Gasteiger partial charge on any atom is 0.0715 e. The fourth-order valence-electron chi connectivity index (χ4n) is 16.8. The number of fused-ring (bicyclic) bond motifs is 1. The van der Waals surface area contributed by atoms with Crippen LogP contribution in [0.1, 0.15) is 104 Å². The number of hydrogen-bond acceptors (Lipinski definition) is 20. The Kier molecular flexibility index (Phi) is 15.7. The molecule has 0 amide bonds. The number of rotatable bonds is 10. The normalized spacial score (nSPS) is 11.7. The second-order valence-electron chi connectivity index (χ2n) is 28.0. The minimum absolute atomic E-state index is 0.0556. The zero-order valence-corrected chi connectivity index (χ0v) is 58.3. The summed E-state index contributed by atoms with van der Waals surface area (Å²) in [6, 6.07) is 68.4. The second kappa shape index (κ2) is 25.7. The van der Waals surface area contributed by atoms with E-state index < -0.39 is 59.7 Å². The number of hydrogen-bond donors (Lipinski definition) is 0. The van der Waals surface area contributed by atoms with Gasteiger partial charge in [0.1, 0.15) is 0 Å². The van der Waals surface area contributed by atoms with Gasteiger partial charge in [-0.05, 0) is 360 Å². The lowest BCUT2D eigenvalue weighted by molar-refractivity contribution is -0.256. The van der Waals surface area contributed by atoms with Gasteiger partial charge in [0.2, 0.25) is 0 Å². The Morgan fingerprint density at radius 3 is 0.421 bits per heavy atom. The molecular formula is C94H40O20-10. The Labute approximate surface area is 636 Å². The highest BCUT2D eigenvalue weighted by Gasteiger charge is 2.26. The molecule has 22 aromatic rings. The van der Waals surface area contributed by atoms with Gasteiger partial charge >= 0.3 is 0 Å². The van der Waals surface area contributed by atoms with Crippen LogP contribution in [0.5, 0.6) is 0 Å². The molecule has 0 heterocycles. The van der Waals surface area contributed by atoms with Gasteiger partial charge in [-0.3, -0.25) is 0 Å². The number of benzene rings is 22. The van der Waals surface area contributed by atoms with E-state index in [1.165, 1.54) is 36.4 Å². The van der Waals surface area contributed by atoms with Crippen LogP contribution in [0.2, 0.25) is 0 Å². The topological polar surface area (TPSA) is 401 Å². The van der Waals surface area contributed by atoms with Crippen molar-refractivity contribution in [2.24, 2.45) is 0 Å². The van der Waals surface area contributed by atoms with Crippen LogP contribution in [0.25, 0.3) is 183 Å². The Balaban J connectivity index is 0.000000104. The molecule has 546 valence electrons. The number of carboxylic acid groups (broad SMARTS) is 10. The minimum atomic E-state index is -1.33. The predicted octanol–water partition coefficient (Wildman–Crippen LogP) is 7.74. The molecular weight excluding hydrogens is 1450 g/mol. The lowest BCUT2D eigenvalue weighted by Crippen LogP contribution is -2.24. The van der Waals surface area contributed by atoms with Crippen molar-refractivity contribution in [3.63, 3.8) is 0 Å². The maximum atomic E-state index is 11.8. The summed E-state index contributed by atoms with van der Waals surface area (Å²) in [7, 11) is 0. The molecule has 0 N–H and O–H groups in total. The van der Waals surface area contributed by atoms with E-state index in [1.807, 2.05) is 36.4 Å². The molecule has 0 aliphatic carbocycles. The van der Waals surface area contributed by atoms with E-state index in [1.54, 1.807) is 97.1 Å². The molecule has 22 rings (SSSR count). The molecule has 20 nitrogen and oxygen atoms in total. The third-order valence-corrected chi connectivity index (χ3v) is 21.5. The molecule has 0 fully saturated rings. The molecule has 0 atom stereocenters. The molecule has 114 heavy (non-hydrogen) atoms. The molecule has 0 saturated carbocycles. The monoisotopic (exact) mass is 1490 g/mol. The van der Waals surface area contributed by atoms with E-state index >= 15 is 0 Å². The Morgan fingerprint density at radius 2 is 0.237 bits per heavy atom. The van der Waals surface area contributed by atoms with E-state index in [2.05, 4.69) is 48.5 Å².